The van der Waals surface area contributed by atoms with Crippen LogP contribution in [0.1, 0.15) is 38.2 Å². The molecule has 0 unspecified atom stereocenters. The first kappa shape index (κ1) is 22.3. The molecule has 2 aromatic heterocycles. The molecule has 3 aromatic rings. The minimum Gasteiger partial charge on any atom is -0.449 e. The molecular weight excluding hydrogens is 407 g/mol. The quantitative estimate of drug-likeness (QED) is 0.552. The number of pyridine rings is 1. The first-order valence-corrected chi connectivity index (χ1v) is 11.4. The summed E-state index contributed by atoms with van der Waals surface area (Å²) < 4.78 is 19.0. The van der Waals surface area contributed by atoms with Gasteiger partial charge < -0.3 is 14.6 Å². The van der Waals surface area contributed by atoms with E-state index in [-0.39, 0.29) is 17.8 Å². The smallest absolute Gasteiger partial charge is 0.415 e. The van der Waals surface area contributed by atoms with Gasteiger partial charge in [-0.05, 0) is 73.7 Å². The highest BCUT2D eigenvalue weighted by Crippen LogP contribution is 2.33. The van der Waals surface area contributed by atoms with E-state index in [1.165, 1.54) is 11.6 Å². The van der Waals surface area contributed by atoms with Crippen LogP contribution < -0.4 is 4.90 Å². The second kappa shape index (κ2) is 10.1. The van der Waals surface area contributed by atoms with Crippen molar-refractivity contribution < 1.29 is 13.9 Å². The van der Waals surface area contributed by atoms with Gasteiger partial charge >= 0.3 is 6.09 Å². The van der Waals surface area contributed by atoms with Gasteiger partial charge in [0, 0.05) is 36.4 Å². The molecule has 1 N–H and O–H groups in total. The van der Waals surface area contributed by atoms with E-state index in [4.69, 9.17) is 4.74 Å². The zero-order valence-electron chi connectivity index (χ0n) is 18.8. The van der Waals surface area contributed by atoms with E-state index in [0.29, 0.717) is 24.9 Å². The summed E-state index contributed by atoms with van der Waals surface area (Å²) in [5.74, 6) is 1.13. The Balaban J connectivity index is 1.35. The number of halogens is 1. The SMILES string of the molecule is CC(C)COC(=O)N(CCN1CCC(c2c[nH]c3cc(F)ccc23)CC1)c1ccccn1. The number of hydrogen-bond acceptors (Lipinski definition) is 4. The van der Waals surface area contributed by atoms with E-state index >= 15 is 0 Å². The highest BCUT2D eigenvalue weighted by molar-refractivity contribution is 5.86. The summed E-state index contributed by atoms with van der Waals surface area (Å²) in [5.41, 5.74) is 2.13. The number of carbonyl (C=O) groups is 1. The molecule has 32 heavy (non-hydrogen) atoms. The molecule has 4 rings (SSSR count). The fraction of sp³-hybridized carbons (Fsp3) is 0.440. The fourth-order valence-corrected chi connectivity index (χ4v) is 4.30. The van der Waals surface area contributed by atoms with E-state index in [0.717, 1.165) is 43.4 Å². The van der Waals surface area contributed by atoms with Gasteiger partial charge in [0.2, 0.25) is 0 Å². The van der Waals surface area contributed by atoms with Crippen LogP contribution in [0.15, 0.2) is 48.8 Å². The second-order valence-electron chi connectivity index (χ2n) is 8.86. The van der Waals surface area contributed by atoms with E-state index in [9.17, 15) is 9.18 Å². The number of piperidine rings is 1. The minimum atomic E-state index is -0.349. The molecule has 7 heteroatoms. The summed E-state index contributed by atoms with van der Waals surface area (Å²) in [6.07, 6.45) is 5.43. The van der Waals surface area contributed by atoms with Crippen molar-refractivity contribution in [2.75, 3.05) is 37.7 Å². The average molecular weight is 439 g/mol. The zero-order valence-corrected chi connectivity index (χ0v) is 18.8. The molecule has 0 spiro atoms. The van der Waals surface area contributed by atoms with Crippen LogP contribution in [0.5, 0.6) is 0 Å². The fourth-order valence-electron chi connectivity index (χ4n) is 4.30. The first-order valence-electron chi connectivity index (χ1n) is 11.4. The number of aromatic nitrogens is 2. The van der Waals surface area contributed by atoms with E-state index < -0.39 is 0 Å². The molecule has 0 radical (unpaired) electrons. The molecule has 1 aliphatic heterocycles. The van der Waals surface area contributed by atoms with Crippen molar-refractivity contribution in [2.24, 2.45) is 5.92 Å². The number of anilines is 1. The van der Waals surface area contributed by atoms with Gasteiger partial charge in [0.05, 0.1) is 6.61 Å². The third-order valence-corrected chi connectivity index (χ3v) is 6.03. The molecule has 1 saturated heterocycles. The third kappa shape index (κ3) is 5.27. The summed E-state index contributed by atoms with van der Waals surface area (Å²) in [6.45, 7) is 7.64. The van der Waals surface area contributed by atoms with E-state index in [1.807, 2.05) is 44.3 Å². The molecule has 0 atom stereocenters. The summed E-state index contributed by atoms with van der Waals surface area (Å²) in [4.78, 5) is 24.3. The molecule has 1 fully saturated rings. The van der Waals surface area contributed by atoms with E-state index in [1.54, 1.807) is 17.2 Å². The van der Waals surface area contributed by atoms with Gasteiger partial charge in [0.1, 0.15) is 11.6 Å². The largest absolute Gasteiger partial charge is 0.449 e. The van der Waals surface area contributed by atoms with Crippen LogP contribution in [0.4, 0.5) is 15.0 Å². The van der Waals surface area contributed by atoms with Gasteiger partial charge in [-0.3, -0.25) is 4.90 Å². The molecule has 170 valence electrons. The van der Waals surface area contributed by atoms with Crippen molar-refractivity contribution in [3.8, 4) is 0 Å². The van der Waals surface area contributed by atoms with Crippen LogP contribution in [0.3, 0.4) is 0 Å². The lowest BCUT2D eigenvalue weighted by atomic mass is 9.89. The van der Waals surface area contributed by atoms with Crippen molar-refractivity contribution >= 4 is 22.8 Å². The average Bonchev–Trinajstić information content (AvgIpc) is 3.22. The van der Waals surface area contributed by atoms with Crippen LogP contribution in [-0.4, -0.2) is 53.7 Å². The van der Waals surface area contributed by atoms with Gasteiger partial charge in [-0.2, -0.15) is 0 Å². The number of hydrogen-bond donors (Lipinski definition) is 1. The Kier molecular flexibility index (Phi) is 7.05. The maximum Gasteiger partial charge on any atom is 0.415 e. The lowest BCUT2D eigenvalue weighted by molar-refractivity contribution is 0.138. The molecule has 1 aliphatic rings. The molecule has 1 aromatic carbocycles. The van der Waals surface area contributed by atoms with Crippen molar-refractivity contribution in [1.82, 2.24) is 14.9 Å². The van der Waals surface area contributed by atoms with Gasteiger partial charge in [0.15, 0.2) is 0 Å². The highest BCUT2D eigenvalue weighted by Gasteiger charge is 2.25. The Labute approximate surface area is 188 Å². The molecule has 0 saturated carbocycles. The Hall–Kier alpha value is -2.93. The molecule has 0 bridgehead atoms. The van der Waals surface area contributed by atoms with Crippen molar-refractivity contribution in [3.63, 3.8) is 0 Å². The highest BCUT2D eigenvalue weighted by atomic mass is 19.1. The normalized spacial score (nSPS) is 15.4. The number of amides is 1. The topological polar surface area (TPSA) is 61.5 Å². The number of benzene rings is 1. The number of likely N-dealkylation sites (tertiary alicyclic amines) is 1. The third-order valence-electron chi connectivity index (χ3n) is 6.03. The molecule has 3 heterocycles. The van der Waals surface area contributed by atoms with Crippen molar-refractivity contribution in [1.29, 1.82) is 0 Å². The summed E-state index contributed by atoms with van der Waals surface area (Å²) >= 11 is 0. The Bertz CT molecular complexity index is 1030. The lowest BCUT2D eigenvalue weighted by Crippen LogP contribution is -2.42. The Morgan fingerprint density at radius 3 is 2.81 bits per heavy atom. The van der Waals surface area contributed by atoms with Crippen LogP contribution in [0.25, 0.3) is 10.9 Å². The van der Waals surface area contributed by atoms with Crippen LogP contribution >= 0.6 is 0 Å². The van der Waals surface area contributed by atoms with Crippen LogP contribution in [-0.2, 0) is 4.74 Å². The first-order chi connectivity index (χ1) is 15.5. The summed E-state index contributed by atoms with van der Waals surface area (Å²) in [6, 6.07) is 10.5. The number of aromatic amines is 1. The molecule has 1 amide bonds. The minimum absolute atomic E-state index is 0.217. The van der Waals surface area contributed by atoms with Gasteiger partial charge in [-0.25, -0.2) is 14.2 Å². The number of H-pyrrole nitrogens is 1. The Morgan fingerprint density at radius 1 is 1.28 bits per heavy atom. The number of fused-ring (bicyclic) bond motifs is 1. The van der Waals surface area contributed by atoms with Crippen molar-refractivity contribution in [3.05, 3.63) is 60.2 Å². The number of carbonyl (C=O) groups excluding carboxylic acids is 1. The second-order valence-corrected chi connectivity index (χ2v) is 8.86. The van der Waals surface area contributed by atoms with E-state index in [2.05, 4.69) is 14.9 Å². The van der Waals surface area contributed by atoms with Gasteiger partial charge in [-0.15, -0.1) is 0 Å². The molecule has 0 aliphatic carbocycles. The maximum atomic E-state index is 13.5. The predicted molar refractivity (Wildman–Crippen MR) is 124 cm³/mol. The zero-order chi connectivity index (χ0) is 22.5. The number of ether oxygens (including phenoxy) is 1. The molecule has 6 nitrogen and oxygen atoms in total. The lowest BCUT2D eigenvalue weighted by Gasteiger charge is -2.33. The van der Waals surface area contributed by atoms with Crippen molar-refractivity contribution in [2.45, 2.75) is 32.6 Å². The summed E-state index contributed by atoms with van der Waals surface area (Å²) in [7, 11) is 0. The molecular formula is C25H31FN4O2. The maximum absolute atomic E-state index is 13.5. The van der Waals surface area contributed by atoms with Crippen LogP contribution in [0, 0.1) is 11.7 Å². The van der Waals surface area contributed by atoms with Gasteiger partial charge in [-0.1, -0.05) is 19.9 Å². The van der Waals surface area contributed by atoms with Crippen LogP contribution in [0.2, 0.25) is 0 Å². The summed E-state index contributed by atoms with van der Waals surface area (Å²) in [5, 5.41) is 1.11. The number of nitrogens with zero attached hydrogens (tertiary/aromatic N) is 3. The standard InChI is InChI=1S/C25H31FN4O2/c1-18(2)17-32-25(31)30(24-5-3-4-10-27-24)14-13-29-11-8-19(9-12-29)22-16-28-23-15-20(26)6-7-21(22)23/h3-7,10,15-16,18-19,28H,8-9,11-14,17H2,1-2H3. The predicted octanol–water partition coefficient (Wildman–Crippen LogP) is 5.18. The monoisotopic (exact) mass is 438 g/mol. The Morgan fingerprint density at radius 2 is 2.09 bits per heavy atom. The van der Waals surface area contributed by atoms with Gasteiger partial charge in [0.25, 0.3) is 0 Å². The number of nitrogens with one attached hydrogen (secondary N) is 1. The number of rotatable bonds is 7.